The second-order valence-corrected chi connectivity index (χ2v) is 4.33. The van der Waals surface area contributed by atoms with Crippen LogP contribution in [-0.4, -0.2) is 5.78 Å². The van der Waals surface area contributed by atoms with Crippen LogP contribution in [0.15, 0.2) is 42.5 Å². The third kappa shape index (κ3) is 2.53. The Kier molecular flexibility index (Phi) is 2.96. The minimum Gasteiger partial charge on any atom is -0.399 e. The summed E-state index contributed by atoms with van der Waals surface area (Å²) >= 11 is 0. The molecule has 17 heavy (non-hydrogen) atoms. The molecule has 0 fully saturated rings. The maximum atomic E-state index is 12.2. The van der Waals surface area contributed by atoms with Crippen molar-refractivity contribution in [2.45, 2.75) is 13.8 Å². The number of nitrogen functional groups attached to an aromatic ring is 1. The predicted octanol–water partition coefficient (Wildman–Crippen LogP) is 3.12. The van der Waals surface area contributed by atoms with Crippen LogP contribution in [-0.2, 0) is 0 Å². The monoisotopic (exact) mass is 225 g/mol. The van der Waals surface area contributed by atoms with Crippen LogP contribution in [0.1, 0.15) is 27.0 Å². The minimum atomic E-state index is 0.0177. The van der Waals surface area contributed by atoms with Crippen LogP contribution in [0.2, 0.25) is 0 Å². The van der Waals surface area contributed by atoms with Crippen molar-refractivity contribution in [3.63, 3.8) is 0 Å². The van der Waals surface area contributed by atoms with Crippen LogP contribution in [0, 0.1) is 13.8 Å². The fourth-order valence-electron chi connectivity index (χ4n) is 1.95. The number of nitrogens with two attached hydrogens (primary N) is 1. The summed E-state index contributed by atoms with van der Waals surface area (Å²) < 4.78 is 0. The number of carbonyl (C=O) groups is 1. The molecule has 2 rings (SSSR count). The van der Waals surface area contributed by atoms with Gasteiger partial charge in [0.2, 0.25) is 0 Å². The standard InChI is InChI=1S/C15H15NO/c1-10-6-11(2)8-13(7-10)15(17)12-4-3-5-14(16)9-12/h3-9H,16H2,1-2H3. The van der Waals surface area contributed by atoms with Crippen molar-refractivity contribution in [3.05, 3.63) is 64.7 Å². The highest BCUT2D eigenvalue weighted by atomic mass is 16.1. The van der Waals surface area contributed by atoms with E-state index in [1.807, 2.05) is 26.0 Å². The molecule has 0 aromatic heterocycles. The zero-order valence-corrected chi connectivity index (χ0v) is 10.0. The van der Waals surface area contributed by atoms with Crippen molar-refractivity contribution in [1.82, 2.24) is 0 Å². The van der Waals surface area contributed by atoms with Crippen molar-refractivity contribution in [3.8, 4) is 0 Å². The van der Waals surface area contributed by atoms with Crippen LogP contribution >= 0.6 is 0 Å². The van der Waals surface area contributed by atoms with E-state index >= 15 is 0 Å². The van der Waals surface area contributed by atoms with Gasteiger partial charge in [0, 0.05) is 16.8 Å². The smallest absolute Gasteiger partial charge is 0.193 e. The van der Waals surface area contributed by atoms with Crippen molar-refractivity contribution < 1.29 is 4.79 Å². The normalized spacial score (nSPS) is 10.2. The van der Waals surface area contributed by atoms with Crippen molar-refractivity contribution >= 4 is 11.5 Å². The minimum absolute atomic E-state index is 0.0177. The molecule has 0 saturated carbocycles. The molecule has 2 aromatic rings. The first-order valence-corrected chi connectivity index (χ1v) is 5.55. The number of rotatable bonds is 2. The zero-order chi connectivity index (χ0) is 12.4. The second-order valence-electron chi connectivity index (χ2n) is 4.33. The number of hydrogen-bond donors (Lipinski definition) is 1. The Hall–Kier alpha value is -2.09. The summed E-state index contributed by atoms with van der Waals surface area (Å²) in [7, 11) is 0. The van der Waals surface area contributed by atoms with Gasteiger partial charge in [0.05, 0.1) is 0 Å². The van der Waals surface area contributed by atoms with Gasteiger partial charge in [0.25, 0.3) is 0 Å². The van der Waals surface area contributed by atoms with Gasteiger partial charge in [-0.15, -0.1) is 0 Å². The van der Waals surface area contributed by atoms with Gasteiger partial charge in [-0.25, -0.2) is 0 Å². The molecule has 0 atom stereocenters. The second kappa shape index (κ2) is 4.42. The summed E-state index contributed by atoms with van der Waals surface area (Å²) in [6.07, 6.45) is 0. The molecule has 0 spiro atoms. The first-order valence-electron chi connectivity index (χ1n) is 5.55. The molecular formula is C15H15NO. The van der Waals surface area contributed by atoms with Crippen molar-refractivity contribution in [1.29, 1.82) is 0 Å². The number of anilines is 1. The molecule has 0 aliphatic carbocycles. The van der Waals surface area contributed by atoms with Crippen LogP contribution < -0.4 is 5.73 Å². The first kappa shape index (κ1) is 11.4. The van der Waals surface area contributed by atoms with E-state index in [1.165, 1.54) is 0 Å². The molecule has 86 valence electrons. The fourth-order valence-corrected chi connectivity index (χ4v) is 1.95. The Balaban J connectivity index is 2.43. The van der Waals surface area contributed by atoms with E-state index in [-0.39, 0.29) is 5.78 Å². The van der Waals surface area contributed by atoms with E-state index in [1.54, 1.807) is 24.3 Å². The van der Waals surface area contributed by atoms with E-state index in [2.05, 4.69) is 6.07 Å². The molecule has 0 bridgehead atoms. The van der Waals surface area contributed by atoms with Gasteiger partial charge in [-0.05, 0) is 38.1 Å². The number of carbonyl (C=O) groups excluding carboxylic acids is 1. The van der Waals surface area contributed by atoms with Crippen LogP contribution in [0.3, 0.4) is 0 Å². The lowest BCUT2D eigenvalue weighted by molar-refractivity contribution is 0.103. The number of ketones is 1. The van der Waals surface area contributed by atoms with Gasteiger partial charge >= 0.3 is 0 Å². The average Bonchev–Trinajstić information content (AvgIpc) is 2.26. The average molecular weight is 225 g/mol. The van der Waals surface area contributed by atoms with Crippen LogP contribution in [0.4, 0.5) is 5.69 Å². The van der Waals surface area contributed by atoms with Crippen molar-refractivity contribution in [2.75, 3.05) is 5.73 Å². The topological polar surface area (TPSA) is 43.1 Å². The predicted molar refractivity (Wildman–Crippen MR) is 70.2 cm³/mol. The molecule has 2 heteroatoms. The maximum Gasteiger partial charge on any atom is 0.193 e. The first-order chi connectivity index (χ1) is 8.06. The molecule has 0 aliphatic heterocycles. The molecule has 2 nitrogen and oxygen atoms in total. The molecule has 0 heterocycles. The van der Waals surface area contributed by atoms with E-state index in [4.69, 9.17) is 5.73 Å². The summed E-state index contributed by atoms with van der Waals surface area (Å²) in [6, 6.07) is 12.9. The Morgan fingerprint density at radius 1 is 0.941 bits per heavy atom. The highest BCUT2D eigenvalue weighted by Crippen LogP contribution is 2.15. The largest absolute Gasteiger partial charge is 0.399 e. The van der Waals surface area contributed by atoms with Gasteiger partial charge in [-0.2, -0.15) is 0 Å². The lowest BCUT2D eigenvalue weighted by atomic mass is 9.99. The summed E-state index contributed by atoms with van der Waals surface area (Å²) in [5.74, 6) is 0.0177. The molecule has 2 aromatic carbocycles. The van der Waals surface area contributed by atoms with E-state index < -0.39 is 0 Å². The molecule has 2 N–H and O–H groups in total. The third-order valence-electron chi connectivity index (χ3n) is 2.63. The Bertz CT molecular complexity index is 553. The quantitative estimate of drug-likeness (QED) is 0.630. The summed E-state index contributed by atoms with van der Waals surface area (Å²) in [6.45, 7) is 3.98. The highest BCUT2D eigenvalue weighted by molar-refractivity contribution is 6.09. The SMILES string of the molecule is Cc1cc(C)cc(C(=O)c2cccc(N)c2)c1. The molecule has 0 saturated heterocycles. The van der Waals surface area contributed by atoms with E-state index in [0.717, 1.165) is 11.1 Å². The third-order valence-corrected chi connectivity index (χ3v) is 2.63. The summed E-state index contributed by atoms with van der Waals surface area (Å²) in [5.41, 5.74) is 9.83. The lowest BCUT2D eigenvalue weighted by Crippen LogP contribution is -2.02. The van der Waals surface area contributed by atoms with Crippen molar-refractivity contribution in [2.24, 2.45) is 0 Å². The molecule has 0 amide bonds. The Morgan fingerprint density at radius 2 is 1.59 bits per heavy atom. The molecule has 0 aliphatic rings. The zero-order valence-electron chi connectivity index (χ0n) is 10.0. The maximum absolute atomic E-state index is 12.2. The lowest BCUT2D eigenvalue weighted by Gasteiger charge is -2.05. The Morgan fingerprint density at radius 3 is 2.18 bits per heavy atom. The highest BCUT2D eigenvalue weighted by Gasteiger charge is 2.09. The number of hydrogen-bond acceptors (Lipinski definition) is 2. The summed E-state index contributed by atoms with van der Waals surface area (Å²) in [5, 5.41) is 0. The van der Waals surface area contributed by atoms with Gasteiger partial charge in [0.1, 0.15) is 0 Å². The Labute approximate surface area is 101 Å². The van der Waals surface area contributed by atoms with Crippen LogP contribution in [0.5, 0.6) is 0 Å². The molecule has 0 radical (unpaired) electrons. The van der Waals surface area contributed by atoms with E-state index in [0.29, 0.717) is 16.8 Å². The van der Waals surface area contributed by atoms with Gasteiger partial charge in [0.15, 0.2) is 5.78 Å². The number of aryl methyl sites for hydroxylation is 2. The fraction of sp³-hybridized carbons (Fsp3) is 0.133. The molecular weight excluding hydrogens is 210 g/mol. The number of benzene rings is 2. The molecule has 0 unspecified atom stereocenters. The van der Waals surface area contributed by atoms with Gasteiger partial charge < -0.3 is 5.73 Å². The van der Waals surface area contributed by atoms with Gasteiger partial charge in [-0.1, -0.05) is 29.3 Å². The summed E-state index contributed by atoms with van der Waals surface area (Å²) in [4.78, 5) is 12.2. The van der Waals surface area contributed by atoms with Crippen LogP contribution in [0.25, 0.3) is 0 Å². The van der Waals surface area contributed by atoms with E-state index in [9.17, 15) is 4.79 Å². The van der Waals surface area contributed by atoms with Gasteiger partial charge in [-0.3, -0.25) is 4.79 Å².